The van der Waals surface area contributed by atoms with Crippen molar-refractivity contribution in [2.75, 3.05) is 42.7 Å². The van der Waals surface area contributed by atoms with E-state index >= 15 is 4.39 Å². The molecule has 0 bridgehead atoms. The molecule has 2 aromatic heterocycles. The molecule has 4 heterocycles. The third kappa shape index (κ3) is 3.86. The van der Waals surface area contributed by atoms with Gasteiger partial charge in [0, 0.05) is 41.9 Å². The highest BCUT2D eigenvalue weighted by Crippen LogP contribution is 2.39. The van der Waals surface area contributed by atoms with Crippen LogP contribution in [-0.2, 0) is 9.47 Å². The number of fused-ring (bicyclic) bond motifs is 2. The number of nitrogens with zero attached hydrogens (tertiary/aromatic N) is 2. The molecule has 5 rings (SSSR count). The standard InChI is InChI=1S/C23H24FN5O4/c1-12-15(9-28-21-20(12)26-4-6-32-21)14-7-13-8-17(27-10-16(13)19(25)18(14)24)29-22(30)33-23(2)3-5-31-11-23/h7-10,26H,3-6,11,25H2,1-2H3,(H,27,29,30). The van der Waals surface area contributed by atoms with Crippen molar-refractivity contribution in [1.29, 1.82) is 0 Å². The molecule has 2 aliphatic rings. The van der Waals surface area contributed by atoms with Crippen molar-refractivity contribution in [2.45, 2.75) is 25.9 Å². The number of hydrogen-bond donors (Lipinski definition) is 3. The summed E-state index contributed by atoms with van der Waals surface area (Å²) < 4.78 is 31.6. The van der Waals surface area contributed by atoms with E-state index in [0.717, 1.165) is 11.3 Å². The fourth-order valence-electron chi connectivity index (χ4n) is 4.14. The number of nitrogens with two attached hydrogens (primary N) is 1. The highest BCUT2D eigenvalue weighted by atomic mass is 19.1. The molecule has 3 aromatic rings. The molecule has 4 N–H and O–H groups in total. The number of amides is 1. The third-order valence-electron chi connectivity index (χ3n) is 5.99. The maximum Gasteiger partial charge on any atom is 0.413 e. The number of nitrogens with one attached hydrogen (secondary N) is 2. The molecular formula is C23H24FN5O4. The van der Waals surface area contributed by atoms with E-state index in [1.165, 1.54) is 6.20 Å². The number of carbonyl (C=O) groups is 1. The number of pyridine rings is 2. The van der Waals surface area contributed by atoms with Gasteiger partial charge in [-0.3, -0.25) is 5.32 Å². The van der Waals surface area contributed by atoms with E-state index in [1.807, 2.05) is 13.8 Å². The quantitative estimate of drug-likeness (QED) is 0.512. The van der Waals surface area contributed by atoms with Gasteiger partial charge < -0.3 is 25.3 Å². The number of halogens is 1. The van der Waals surface area contributed by atoms with Crippen molar-refractivity contribution >= 4 is 34.1 Å². The Balaban J connectivity index is 1.50. The molecule has 1 fully saturated rings. The molecular weight excluding hydrogens is 429 g/mol. The Morgan fingerprint density at radius 1 is 1.27 bits per heavy atom. The van der Waals surface area contributed by atoms with Crippen LogP contribution in [0, 0.1) is 12.7 Å². The lowest BCUT2D eigenvalue weighted by molar-refractivity contribution is 0.0241. The second-order valence-electron chi connectivity index (χ2n) is 8.46. The van der Waals surface area contributed by atoms with E-state index < -0.39 is 17.5 Å². The first-order chi connectivity index (χ1) is 15.8. The molecule has 0 spiro atoms. The van der Waals surface area contributed by atoms with Gasteiger partial charge in [-0.1, -0.05) is 0 Å². The Hall–Kier alpha value is -3.66. The van der Waals surface area contributed by atoms with E-state index in [1.54, 1.807) is 18.3 Å². The fraction of sp³-hybridized carbons (Fsp3) is 0.348. The van der Waals surface area contributed by atoms with Crippen molar-refractivity contribution in [3.8, 4) is 17.0 Å². The van der Waals surface area contributed by atoms with E-state index in [-0.39, 0.29) is 11.5 Å². The Morgan fingerprint density at radius 2 is 2.12 bits per heavy atom. The number of aromatic nitrogens is 2. The van der Waals surface area contributed by atoms with Gasteiger partial charge in [-0.2, -0.15) is 0 Å². The van der Waals surface area contributed by atoms with E-state index in [2.05, 4.69) is 20.6 Å². The first-order valence-electron chi connectivity index (χ1n) is 10.7. The van der Waals surface area contributed by atoms with E-state index in [9.17, 15) is 4.79 Å². The number of anilines is 3. The molecule has 2 aliphatic heterocycles. The molecule has 1 saturated heterocycles. The van der Waals surface area contributed by atoms with Gasteiger partial charge in [0.2, 0.25) is 5.88 Å². The van der Waals surface area contributed by atoms with Crippen molar-refractivity contribution in [2.24, 2.45) is 0 Å². The van der Waals surface area contributed by atoms with Crippen molar-refractivity contribution in [1.82, 2.24) is 9.97 Å². The predicted octanol–water partition coefficient (Wildman–Crippen LogP) is 3.86. The van der Waals surface area contributed by atoms with Crippen molar-refractivity contribution in [3.63, 3.8) is 0 Å². The van der Waals surface area contributed by atoms with Crippen molar-refractivity contribution < 1.29 is 23.4 Å². The highest BCUT2D eigenvalue weighted by molar-refractivity contribution is 5.99. The molecule has 33 heavy (non-hydrogen) atoms. The molecule has 1 amide bonds. The van der Waals surface area contributed by atoms with Gasteiger partial charge in [-0.25, -0.2) is 19.2 Å². The van der Waals surface area contributed by atoms with Crippen LogP contribution >= 0.6 is 0 Å². The SMILES string of the molecule is Cc1c(-c2cc3cc(NC(=O)OC4(C)CCOC4)ncc3c(N)c2F)cnc2c1NCCO2. The first-order valence-corrected chi connectivity index (χ1v) is 10.7. The van der Waals surface area contributed by atoms with Crippen LogP contribution in [0.25, 0.3) is 21.9 Å². The van der Waals surface area contributed by atoms with Gasteiger partial charge in [0.1, 0.15) is 23.7 Å². The summed E-state index contributed by atoms with van der Waals surface area (Å²) in [5.41, 5.74) is 7.86. The molecule has 10 heteroatoms. The summed E-state index contributed by atoms with van der Waals surface area (Å²) in [4.78, 5) is 20.9. The summed E-state index contributed by atoms with van der Waals surface area (Å²) in [5.74, 6) is 0.203. The Labute approximate surface area is 189 Å². The van der Waals surface area contributed by atoms with Crippen LogP contribution in [0.4, 0.5) is 26.4 Å². The largest absolute Gasteiger partial charge is 0.474 e. The van der Waals surface area contributed by atoms with Crippen LogP contribution in [0.2, 0.25) is 0 Å². The normalized spacial score (nSPS) is 19.5. The lowest BCUT2D eigenvalue weighted by Gasteiger charge is -2.22. The lowest BCUT2D eigenvalue weighted by atomic mass is 9.97. The van der Waals surface area contributed by atoms with E-state index in [0.29, 0.717) is 60.6 Å². The van der Waals surface area contributed by atoms with Crippen LogP contribution in [0.15, 0.2) is 24.5 Å². The highest BCUT2D eigenvalue weighted by Gasteiger charge is 2.34. The lowest BCUT2D eigenvalue weighted by Crippen LogP contribution is -2.34. The molecule has 0 radical (unpaired) electrons. The number of hydrogen-bond acceptors (Lipinski definition) is 8. The second kappa shape index (κ2) is 8.04. The Morgan fingerprint density at radius 3 is 2.91 bits per heavy atom. The third-order valence-corrected chi connectivity index (χ3v) is 5.99. The number of benzene rings is 1. The van der Waals surface area contributed by atoms with Gasteiger partial charge in [0.15, 0.2) is 5.82 Å². The summed E-state index contributed by atoms with van der Waals surface area (Å²) in [6.45, 7) is 5.75. The predicted molar refractivity (Wildman–Crippen MR) is 122 cm³/mol. The maximum atomic E-state index is 15.3. The molecule has 1 unspecified atom stereocenters. The molecule has 1 aromatic carbocycles. The Kier molecular flexibility index (Phi) is 5.16. The second-order valence-corrected chi connectivity index (χ2v) is 8.46. The smallest absolute Gasteiger partial charge is 0.413 e. The minimum absolute atomic E-state index is 0.0268. The van der Waals surface area contributed by atoms with E-state index in [4.69, 9.17) is 19.9 Å². The number of nitrogen functional groups attached to an aromatic ring is 1. The maximum absolute atomic E-state index is 15.3. The van der Waals surface area contributed by atoms with Crippen LogP contribution in [0.1, 0.15) is 18.9 Å². The summed E-state index contributed by atoms with van der Waals surface area (Å²) in [7, 11) is 0. The van der Waals surface area contributed by atoms with Gasteiger partial charge in [0.05, 0.1) is 18.9 Å². The first kappa shape index (κ1) is 21.2. The molecule has 172 valence electrons. The summed E-state index contributed by atoms with van der Waals surface area (Å²) in [6.07, 6.45) is 3.00. The average molecular weight is 453 g/mol. The topological polar surface area (TPSA) is 121 Å². The molecule has 0 aliphatic carbocycles. The number of rotatable bonds is 3. The van der Waals surface area contributed by atoms with Crippen LogP contribution < -0.4 is 21.1 Å². The van der Waals surface area contributed by atoms with Crippen molar-refractivity contribution in [3.05, 3.63) is 35.9 Å². The molecule has 9 nitrogen and oxygen atoms in total. The van der Waals surface area contributed by atoms with Crippen LogP contribution in [-0.4, -0.2) is 48.0 Å². The summed E-state index contributed by atoms with van der Waals surface area (Å²) in [6, 6.07) is 3.30. The van der Waals surface area contributed by atoms with Gasteiger partial charge in [0.25, 0.3) is 0 Å². The fourth-order valence-corrected chi connectivity index (χ4v) is 4.14. The molecule has 0 saturated carbocycles. The average Bonchev–Trinajstić information content (AvgIpc) is 3.22. The minimum atomic E-state index is -0.670. The monoisotopic (exact) mass is 453 g/mol. The zero-order valence-corrected chi connectivity index (χ0v) is 18.3. The van der Waals surface area contributed by atoms with Gasteiger partial charge in [-0.15, -0.1) is 0 Å². The summed E-state index contributed by atoms with van der Waals surface area (Å²) in [5, 5.41) is 6.94. The number of carbonyl (C=O) groups excluding carboxylic acids is 1. The van der Waals surface area contributed by atoms with Crippen LogP contribution in [0.5, 0.6) is 5.88 Å². The number of ether oxygens (including phenoxy) is 3. The Bertz CT molecular complexity index is 1260. The van der Waals surface area contributed by atoms with Gasteiger partial charge >= 0.3 is 6.09 Å². The minimum Gasteiger partial charge on any atom is -0.474 e. The summed E-state index contributed by atoms with van der Waals surface area (Å²) >= 11 is 0. The van der Waals surface area contributed by atoms with Gasteiger partial charge in [-0.05, 0) is 36.9 Å². The molecule has 1 atom stereocenters. The zero-order valence-electron chi connectivity index (χ0n) is 18.3. The van der Waals surface area contributed by atoms with Crippen LogP contribution in [0.3, 0.4) is 0 Å². The zero-order chi connectivity index (χ0) is 23.2.